The summed E-state index contributed by atoms with van der Waals surface area (Å²) < 4.78 is 13.0. The molecule has 1 atom stereocenters. The zero-order valence-corrected chi connectivity index (χ0v) is 9.82. The van der Waals surface area contributed by atoms with Crippen LogP contribution in [0, 0.1) is 11.7 Å². The number of hydrogen-bond donors (Lipinski definition) is 1. The van der Waals surface area contributed by atoms with Crippen molar-refractivity contribution >= 4 is 24.0 Å². The van der Waals surface area contributed by atoms with Crippen LogP contribution < -0.4 is 5.73 Å². The van der Waals surface area contributed by atoms with Crippen LogP contribution in [0.1, 0.15) is 30.9 Å². The molecule has 15 heavy (non-hydrogen) atoms. The minimum absolute atomic E-state index is 0. The third-order valence-electron chi connectivity index (χ3n) is 2.60. The number of benzene rings is 1. The van der Waals surface area contributed by atoms with Gasteiger partial charge in [-0.25, -0.2) is 4.39 Å². The maximum atomic E-state index is 13.0. The second-order valence-electron chi connectivity index (χ2n) is 3.99. The van der Waals surface area contributed by atoms with Gasteiger partial charge in [0.05, 0.1) is 0 Å². The number of hydrogen-bond acceptors (Lipinski definition) is 1. The minimum Gasteiger partial charge on any atom is -0.324 e. The van der Waals surface area contributed by atoms with E-state index in [4.69, 9.17) is 17.3 Å². The molecular weight excluding hydrogens is 236 g/mol. The average molecular weight is 250 g/mol. The van der Waals surface area contributed by atoms with Gasteiger partial charge in [-0.1, -0.05) is 24.4 Å². The average Bonchev–Trinajstić information content (AvgIpc) is 2.86. The first-order valence-electron chi connectivity index (χ1n) is 4.87. The highest BCUT2D eigenvalue weighted by molar-refractivity contribution is 6.30. The first-order chi connectivity index (χ1) is 6.65. The van der Waals surface area contributed by atoms with Crippen LogP contribution in [0.3, 0.4) is 0 Å². The highest BCUT2D eigenvalue weighted by Gasteiger charge is 2.24. The fraction of sp³-hybridized carbons (Fsp3) is 0.455. The molecule has 1 aliphatic rings. The lowest BCUT2D eigenvalue weighted by atomic mass is 10.0. The second kappa shape index (κ2) is 5.15. The van der Waals surface area contributed by atoms with E-state index in [0.29, 0.717) is 5.02 Å². The van der Waals surface area contributed by atoms with Gasteiger partial charge in [-0.3, -0.25) is 0 Å². The summed E-state index contributed by atoms with van der Waals surface area (Å²) in [6, 6.07) is 4.45. The fourth-order valence-electron chi connectivity index (χ4n) is 1.64. The maximum absolute atomic E-state index is 13.0. The Balaban J connectivity index is 0.00000112. The summed E-state index contributed by atoms with van der Waals surface area (Å²) in [6.07, 6.45) is 3.47. The van der Waals surface area contributed by atoms with Crippen molar-refractivity contribution in [2.75, 3.05) is 0 Å². The Morgan fingerprint density at radius 1 is 1.40 bits per heavy atom. The SMILES string of the molecule is Cl.N[C@H](CC1CC1)c1cc(F)cc(Cl)c1. The Morgan fingerprint density at radius 2 is 2.07 bits per heavy atom. The normalized spacial score (nSPS) is 17.0. The Morgan fingerprint density at radius 3 is 2.60 bits per heavy atom. The first-order valence-corrected chi connectivity index (χ1v) is 5.24. The Kier molecular flexibility index (Phi) is 4.38. The van der Waals surface area contributed by atoms with E-state index >= 15 is 0 Å². The van der Waals surface area contributed by atoms with Gasteiger partial charge in [0.15, 0.2) is 0 Å². The van der Waals surface area contributed by atoms with Gasteiger partial charge >= 0.3 is 0 Å². The van der Waals surface area contributed by atoms with E-state index < -0.39 is 0 Å². The lowest BCUT2D eigenvalue weighted by Gasteiger charge is -2.11. The summed E-state index contributed by atoms with van der Waals surface area (Å²) in [7, 11) is 0. The van der Waals surface area contributed by atoms with Gasteiger partial charge in [0.25, 0.3) is 0 Å². The molecule has 2 N–H and O–H groups in total. The molecule has 0 bridgehead atoms. The van der Waals surface area contributed by atoms with Crippen molar-refractivity contribution < 1.29 is 4.39 Å². The van der Waals surface area contributed by atoms with E-state index in [1.54, 1.807) is 6.07 Å². The van der Waals surface area contributed by atoms with Crippen molar-refractivity contribution in [1.29, 1.82) is 0 Å². The van der Waals surface area contributed by atoms with Crippen LogP contribution in [0.15, 0.2) is 18.2 Å². The number of rotatable bonds is 3. The Hall–Kier alpha value is -0.310. The summed E-state index contributed by atoms with van der Waals surface area (Å²) in [5.74, 6) is 0.436. The molecule has 2 rings (SSSR count). The quantitative estimate of drug-likeness (QED) is 0.869. The largest absolute Gasteiger partial charge is 0.324 e. The van der Waals surface area contributed by atoms with Crippen molar-refractivity contribution in [2.24, 2.45) is 11.7 Å². The van der Waals surface area contributed by atoms with E-state index in [1.807, 2.05) is 0 Å². The molecule has 0 spiro atoms. The predicted octanol–water partition coefficient (Wildman–Crippen LogP) is 3.70. The van der Waals surface area contributed by atoms with Gasteiger partial charge in [-0.15, -0.1) is 12.4 Å². The Labute approximate surface area is 100 Å². The molecule has 1 nitrogen and oxygen atoms in total. The highest BCUT2D eigenvalue weighted by Crippen LogP contribution is 2.37. The highest BCUT2D eigenvalue weighted by atomic mass is 35.5. The zero-order chi connectivity index (χ0) is 10.1. The molecule has 0 amide bonds. The Bertz CT molecular complexity index is 319. The molecular formula is C11H14Cl2FN. The molecule has 0 unspecified atom stereocenters. The van der Waals surface area contributed by atoms with Gasteiger partial charge < -0.3 is 5.73 Å². The van der Waals surface area contributed by atoms with Crippen LogP contribution >= 0.6 is 24.0 Å². The molecule has 0 saturated heterocycles. The van der Waals surface area contributed by atoms with Crippen molar-refractivity contribution in [3.63, 3.8) is 0 Å². The molecule has 1 aromatic carbocycles. The number of nitrogens with two attached hydrogens (primary N) is 1. The van der Waals surface area contributed by atoms with Gasteiger partial charge in [0.2, 0.25) is 0 Å². The van der Waals surface area contributed by atoms with E-state index in [1.165, 1.54) is 25.0 Å². The van der Waals surface area contributed by atoms with Crippen LogP contribution in [0.2, 0.25) is 5.02 Å². The maximum Gasteiger partial charge on any atom is 0.125 e. The molecule has 0 heterocycles. The predicted molar refractivity (Wildman–Crippen MR) is 62.9 cm³/mol. The monoisotopic (exact) mass is 249 g/mol. The lowest BCUT2D eigenvalue weighted by molar-refractivity contribution is 0.583. The van der Waals surface area contributed by atoms with Crippen molar-refractivity contribution in [2.45, 2.75) is 25.3 Å². The smallest absolute Gasteiger partial charge is 0.125 e. The molecule has 1 saturated carbocycles. The van der Waals surface area contributed by atoms with Crippen LogP contribution in [0.25, 0.3) is 0 Å². The van der Waals surface area contributed by atoms with Crippen LogP contribution in [-0.4, -0.2) is 0 Å². The number of halogens is 3. The third kappa shape index (κ3) is 3.63. The first kappa shape index (κ1) is 12.8. The van der Waals surface area contributed by atoms with Crippen molar-refractivity contribution in [3.8, 4) is 0 Å². The molecule has 0 aliphatic heterocycles. The van der Waals surface area contributed by atoms with E-state index in [9.17, 15) is 4.39 Å². The summed E-state index contributed by atoms with van der Waals surface area (Å²) in [5.41, 5.74) is 6.76. The summed E-state index contributed by atoms with van der Waals surface area (Å²) in [4.78, 5) is 0. The topological polar surface area (TPSA) is 26.0 Å². The molecule has 4 heteroatoms. The molecule has 1 aliphatic carbocycles. The van der Waals surface area contributed by atoms with Gasteiger partial charge in [0.1, 0.15) is 5.82 Å². The van der Waals surface area contributed by atoms with E-state index in [2.05, 4.69) is 0 Å². The summed E-state index contributed by atoms with van der Waals surface area (Å²) in [5, 5.41) is 0.422. The second-order valence-corrected chi connectivity index (χ2v) is 4.42. The standard InChI is InChI=1S/C11H13ClFN.ClH/c12-9-4-8(5-10(13)6-9)11(14)3-7-1-2-7;/h4-7,11H,1-3,14H2;1H/t11-;/m1./s1. The van der Waals surface area contributed by atoms with Crippen molar-refractivity contribution in [1.82, 2.24) is 0 Å². The summed E-state index contributed by atoms with van der Waals surface area (Å²) >= 11 is 5.75. The molecule has 1 aromatic rings. The van der Waals surface area contributed by atoms with Gasteiger partial charge in [-0.05, 0) is 36.1 Å². The molecule has 1 fully saturated rings. The molecule has 84 valence electrons. The zero-order valence-electron chi connectivity index (χ0n) is 8.25. The fourth-order valence-corrected chi connectivity index (χ4v) is 1.87. The summed E-state index contributed by atoms with van der Waals surface area (Å²) in [6.45, 7) is 0. The van der Waals surface area contributed by atoms with Crippen LogP contribution in [-0.2, 0) is 0 Å². The van der Waals surface area contributed by atoms with Crippen LogP contribution in [0.5, 0.6) is 0 Å². The van der Waals surface area contributed by atoms with Gasteiger partial charge in [-0.2, -0.15) is 0 Å². The molecule has 0 radical (unpaired) electrons. The van der Waals surface area contributed by atoms with E-state index in [-0.39, 0.29) is 24.3 Å². The minimum atomic E-state index is -0.307. The lowest BCUT2D eigenvalue weighted by Crippen LogP contribution is -2.11. The van der Waals surface area contributed by atoms with Gasteiger partial charge in [0, 0.05) is 11.1 Å². The third-order valence-corrected chi connectivity index (χ3v) is 2.82. The van der Waals surface area contributed by atoms with E-state index in [0.717, 1.165) is 17.9 Å². The van der Waals surface area contributed by atoms with Crippen molar-refractivity contribution in [3.05, 3.63) is 34.6 Å². The molecule has 0 aromatic heterocycles. The van der Waals surface area contributed by atoms with Crippen LogP contribution in [0.4, 0.5) is 4.39 Å².